The fourth-order valence-corrected chi connectivity index (χ4v) is 2.55. The Morgan fingerprint density at radius 3 is 2.85 bits per heavy atom. The highest BCUT2D eigenvalue weighted by Gasteiger charge is 2.32. The molecule has 1 fully saturated rings. The summed E-state index contributed by atoms with van der Waals surface area (Å²) < 4.78 is 25.8. The van der Waals surface area contributed by atoms with Gasteiger partial charge in [0.05, 0.1) is 6.54 Å². The van der Waals surface area contributed by atoms with Crippen molar-refractivity contribution in [3.05, 3.63) is 23.8 Å². The van der Waals surface area contributed by atoms with Gasteiger partial charge in [0.25, 0.3) is 5.91 Å². The number of amides is 2. The van der Waals surface area contributed by atoms with Crippen molar-refractivity contribution in [3.63, 3.8) is 0 Å². The molecule has 1 aliphatic heterocycles. The van der Waals surface area contributed by atoms with Gasteiger partial charge in [-0.2, -0.15) is 8.78 Å². The number of rotatable bonds is 7. The highest BCUT2D eigenvalue weighted by Crippen LogP contribution is 2.23. The Morgan fingerprint density at radius 1 is 1.50 bits per heavy atom. The molecular formula is C17H23F2N5O2. The van der Waals surface area contributed by atoms with E-state index in [0.29, 0.717) is 31.3 Å². The first-order valence-electron chi connectivity index (χ1n) is 8.29. The number of hydrogen-bond donors (Lipinski definition) is 4. The third kappa shape index (κ3) is 5.14. The lowest BCUT2D eigenvalue weighted by atomic mass is 10.1. The molecule has 0 saturated carbocycles. The first-order valence-corrected chi connectivity index (χ1v) is 8.29. The maximum Gasteiger partial charge on any atom is 0.321 e. The number of carbonyl (C=O) groups excluding carboxylic acids is 2. The second-order valence-corrected chi connectivity index (χ2v) is 6.33. The molecule has 1 unspecified atom stereocenters. The van der Waals surface area contributed by atoms with Crippen LogP contribution in [-0.4, -0.2) is 56.2 Å². The topological polar surface area (TPSA) is 97.3 Å². The Kier molecular flexibility index (Phi) is 6.12. The SMILES string of the molecule is CC(CNc1ccc(N2CCNC(=O)C2)cc1C=N)NC(=O)C(C)(F)F. The molecule has 4 N–H and O–H groups in total. The molecule has 1 aliphatic rings. The van der Waals surface area contributed by atoms with Crippen molar-refractivity contribution in [3.8, 4) is 0 Å². The number of benzene rings is 1. The van der Waals surface area contributed by atoms with Gasteiger partial charge in [-0.1, -0.05) is 0 Å². The van der Waals surface area contributed by atoms with Gasteiger partial charge in [0.15, 0.2) is 0 Å². The van der Waals surface area contributed by atoms with Gasteiger partial charge < -0.3 is 26.3 Å². The van der Waals surface area contributed by atoms with Crippen LogP contribution in [0.3, 0.4) is 0 Å². The monoisotopic (exact) mass is 367 g/mol. The highest BCUT2D eigenvalue weighted by molar-refractivity contribution is 5.89. The van der Waals surface area contributed by atoms with Crippen LogP contribution in [0.2, 0.25) is 0 Å². The molecule has 2 amide bonds. The molecule has 1 aromatic rings. The molecule has 0 aliphatic carbocycles. The normalized spacial score (nSPS) is 15.8. The van der Waals surface area contributed by atoms with E-state index in [1.807, 2.05) is 11.0 Å². The summed E-state index contributed by atoms with van der Waals surface area (Å²) in [4.78, 5) is 24.7. The summed E-state index contributed by atoms with van der Waals surface area (Å²) in [6.07, 6.45) is 1.18. The zero-order chi connectivity index (χ0) is 19.3. The first kappa shape index (κ1) is 19.6. The first-order chi connectivity index (χ1) is 12.2. The Bertz CT molecular complexity index is 690. The van der Waals surface area contributed by atoms with Crippen LogP contribution in [0.4, 0.5) is 20.2 Å². The van der Waals surface area contributed by atoms with Gasteiger partial charge in [-0.25, -0.2) is 0 Å². The van der Waals surface area contributed by atoms with Crippen molar-refractivity contribution in [2.45, 2.75) is 25.8 Å². The van der Waals surface area contributed by atoms with Crippen LogP contribution in [-0.2, 0) is 9.59 Å². The molecule has 1 saturated heterocycles. The van der Waals surface area contributed by atoms with Crippen LogP contribution in [0.15, 0.2) is 18.2 Å². The summed E-state index contributed by atoms with van der Waals surface area (Å²) in [5.74, 6) is -4.79. The summed E-state index contributed by atoms with van der Waals surface area (Å²) in [6, 6.07) is 4.87. The lowest BCUT2D eigenvalue weighted by molar-refractivity contribution is -0.143. The smallest absolute Gasteiger partial charge is 0.321 e. The lowest BCUT2D eigenvalue weighted by Gasteiger charge is -2.29. The molecule has 2 rings (SSSR count). The second kappa shape index (κ2) is 8.11. The number of alkyl halides is 2. The summed E-state index contributed by atoms with van der Waals surface area (Å²) in [6.45, 7) is 3.91. The lowest BCUT2D eigenvalue weighted by Crippen LogP contribution is -2.47. The molecule has 0 aromatic heterocycles. The molecular weight excluding hydrogens is 344 g/mol. The van der Waals surface area contributed by atoms with Crippen LogP contribution < -0.4 is 20.9 Å². The van der Waals surface area contributed by atoms with Crippen LogP contribution in [0.1, 0.15) is 19.4 Å². The van der Waals surface area contributed by atoms with E-state index in [2.05, 4.69) is 16.0 Å². The molecule has 1 heterocycles. The van der Waals surface area contributed by atoms with Crippen molar-refractivity contribution in [2.24, 2.45) is 0 Å². The largest absolute Gasteiger partial charge is 0.382 e. The molecule has 1 aromatic carbocycles. The summed E-state index contributed by atoms with van der Waals surface area (Å²) >= 11 is 0. The van der Waals surface area contributed by atoms with Gasteiger partial charge >= 0.3 is 5.92 Å². The van der Waals surface area contributed by atoms with E-state index in [1.54, 1.807) is 19.1 Å². The summed E-state index contributed by atoms with van der Waals surface area (Å²) in [5.41, 5.74) is 2.08. The Hall–Kier alpha value is -2.71. The average molecular weight is 367 g/mol. The predicted molar refractivity (Wildman–Crippen MR) is 96.3 cm³/mol. The van der Waals surface area contributed by atoms with Gasteiger partial charge in [-0.15, -0.1) is 0 Å². The number of carbonyl (C=O) groups is 2. The van der Waals surface area contributed by atoms with E-state index >= 15 is 0 Å². The average Bonchev–Trinajstić information content (AvgIpc) is 2.59. The van der Waals surface area contributed by atoms with Crippen molar-refractivity contribution >= 4 is 29.4 Å². The number of hydrogen-bond acceptors (Lipinski definition) is 5. The quantitative estimate of drug-likeness (QED) is 0.544. The molecule has 7 nitrogen and oxygen atoms in total. The van der Waals surface area contributed by atoms with Gasteiger partial charge in [-0.05, 0) is 25.1 Å². The molecule has 0 bridgehead atoms. The van der Waals surface area contributed by atoms with Gasteiger partial charge in [0, 0.05) is 55.8 Å². The molecule has 1 atom stereocenters. The summed E-state index contributed by atoms with van der Waals surface area (Å²) in [7, 11) is 0. The van der Waals surface area contributed by atoms with Crippen LogP contribution in [0, 0.1) is 5.41 Å². The third-order valence-corrected chi connectivity index (χ3v) is 3.97. The molecule has 0 radical (unpaired) electrons. The number of nitrogens with one attached hydrogen (secondary N) is 4. The third-order valence-electron chi connectivity index (χ3n) is 3.97. The van der Waals surface area contributed by atoms with Gasteiger partial charge in [0.1, 0.15) is 0 Å². The minimum absolute atomic E-state index is 0.0489. The highest BCUT2D eigenvalue weighted by atomic mass is 19.3. The molecule has 26 heavy (non-hydrogen) atoms. The number of piperazine rings is 1. The summed E-state index contributed by atoms with van der Waals surface area (Å²) in [5, 5.41) is 15.6. The van der Waals surface area contributed by atoms with Crippen LogP contribution in [0.25, 0.3) is 0 Å². The van der Waals surface area contributed by atoms with Crippen molar-refractivity contribution in [1.82, 2.24) is 10.6 Å². The minimum atomic E-state index is -3.42. The van der Waals surface area contributed by atoms with Gasteiger partial charge in [0.2, 0.25) is 5.91 Å². The van der Waals surface area contributed by atoms with E-state index < -0.39 is 17.9 Å². The van der Waals surface area contributed by atoms with Crippen molar-refractivity contribution in [2.75, 3.05) is 36.4 Å². The van der Waals surface area contributed by atoms with E-state index in [0.717, 1.165) is 5.69 Å². The van der Waals surface area contributed by atoms with Crippen LogP contribution >= 0.6 is 0 Å². The van der Waals surface area contributed by atoms with E-state index in [4.69, 9.17) is 5.41 Å². The molecule has 0 spiro atoms. The Morgan fingerprint density at radius 2 is 2.23 bits per heavy atom. The van der Waals surface area contributed by atoms with Crippen LogP contribution in [0.5, 0.6) is 0 Å². The predicted octanol–water partition coefficient (Wildman–Crippen LogP) is 1.19. The Balaban J connectivity index is 2.00. The van der Waals surface area contributed by atoms with Crippen molar-refractivity contribution in [1.29, 1.82) is 5.41 Å². The zero-order valence-electron chi connectivity index (χ0n) is 14.7. The fourth-order valence-electron chi connectivity index (χ4n) is 2.55. The molecule has 142 valence electrons. The maximum atomic E-state index is 12.9. The number of nitrogens with zero attached hydrogens (tertiary/aromatic N) is 1. The zero-order valence-corrected chi connectivity index (χ0v) is 14.7. The second-order valence-electron chi connectivity index (χ2n) is 6.33. The van der Waals surface area contributed by atoms with E-state index in [1.165, 1.54) is 6.21 Å². The Labute approximate surface area is 150 Å². The van der Waals surface area contributed by atoms with E-state index in [9.17, 15) is 18.4 Å². The maximum absolute atomic E-state index is 12.9. The fraction of sp³-hybridized carbons (Fsp3) is 0.471. The van der Waals surface area contributed by atoms with E-state index in [-0.39, 0.29) is 19.0 Å². The van der Waals surface area contributed by atoms with Crippen molar-refractivity contribution < 1.29 is 18.4 Å². The standard InChI is InChI=1S/C17H23F2N5O2/c1-11(23-16(26)17(2,18)19)9-22-14-4-3-13(7-12(14)8-20)24-6-5-21-15(25)10-24/h3-4,7-8,11,20,22H,5-6,9-10H2,1-2H3,(H,21,25)(H,23,26). The van der Waals surface area contributed by atoms with Gasteiger partial charge in [-0.3, -0.25) is 9.59 Å². The minimum Gasteiger partial charge on any atom is -0.382 e. The molecule has 9 heteroatoms. The number of anilines is 2. The number of halogens is 2.